The summed E-state index contributed by atoms with van der Waals surface area (Å²) in [6.07, 6.45) is -0.465. The Morgan fingerprint density at radius 2 is 2.31 bits per heavy atom. The van der Waals surface area contributed by atoms with Gasteiger partial charge in [-0.3, -0.25) is 4.68 Å². The van der Waals surface area contributed by atoms with Crippen LogP contribution in [0.3, 0.4) is 0 Å². The summed E-state index contributed by atoms with van der Waals surface area (Å²) in [6, 6.07) is 0. The zero-order chi connectivity index (χ0) is 10.0. The van der Waals surface area contributed by atoms with E-state index in [1.54, 1.807) is 13.2 Å². The van der Waals surface area contributed by atoms with Crippen molar-refractivity contribution in [2.24, 2.45) is 7.05 Å². The topological polar surface area (TPSA) is 58.3 Å². The molecular formula is C7H11ClN2O2S. The van der Waals surface area contributed by atoms with Crippen molar-refractivity contribution in [1.29, 1.82) is 0 Å². The Morgan fingerprint density at radius 1 is 1.69 bits per heavy atom. The van der Waals surface area contributed by atoms with Crippen LogP contribution in [-0.4, -0.2) is 31.9 Å². The van der Waals surface area contributed by atoms with Crippen molar-refractivity contribution in [3.8, 4) is 0 Å². The van der Waals surface area contributed by atoms with Gasteiger partial charge in [-0.1, -0.05) is 11.6 Å². The highest BCUT2D eigenvalue weighted by Crippen LogP contribution is 2.23. The second-order valence-electron chi connectivity index (χ2n) is 2.73. The van der Waals surface area contributed by atoms with Crippen molar-refractivity contribution in [3.05, 3.63) is 16.9 Å². The number of aryl methyl sites for hydroxylation is 1. The van der Waals surface area contributed by atoms with Crippen LogP contribution in [0, 0.1) is 0 Å². The molecule has 0 aliphatic carbocycles. The minimum absolute atomic E-state index is 0.161. The van der Waals surface area contributed by atoms with Crippen LogP contribution < -0.4 is 0 Å². The molecule has 2 unspecified atom stereocenters. The van der Waals surface area contributed by atoms with Gasteiger partial charge in [0.05, 0.1) is 11.1 Å². The number of nitrogens with zero attached hydrogens (tertiary/aromatic N) is 2. The molecule has 0 amide bonds. The maximum absolute atomic E-state index is 9.52. The van der Waals surface area contributed by atoms with Gasteiger partial charge < -0.3 is 10.2 Å². The standard InChI is InChI=1S/C7H11ClN2O2S/c1-10-2-4(8)6(9-10)7(12)5(11)3-13/h2,5,7,11-13H,3H2,1H3. The number of hydrogen-bond donors (Lipinski definition) is 3. The molecule has 0 radical (unpaired) electrons. The molecule has 0 aromatic carbocycles. The average Bonchev–Trinajstić information content (AvgIpc) is 2.42. The van der Waals surface area contributed by atoms with E-state index in [9.17, 15) is 10.2 Å². The fourth-order valence-corrected chi connectivity index (χ4v) is 1.45. The van der Waals surface area contributed by atoms with E-state index in [0.29, 0.717) is 5.02 Å². The van der Waals surface area contributed by atoms with E-state index in [2.05, 4.69) is 17.7 Å². The van der Waals surface area contributed by atoms with Crippen LogP contribution >= 0.6 is 24.2 Å². The third-order valence-corrected chi connectivity index (χ3v) is 2.31. The molecule has 0 fully saturated rings. The predicted molar refractivity (Wildman–Crippen MR) is 53.0 cm³/mol. The molecule has 2 N–H and O–H groups in total. The van der Waals surface area contributed by atoms with Crippen LogP contribution in [0.5, 0.6) is 0 Å². The first-order valence-electron chi connectivity index (χ1n) is 3.72. The maximum atomic E-state index is 9.52. The Morgan fingerprint density at radius 3 is 2.69 bits per heavy atom. The van der Waals surface area contributed by atoms with Crippen LogP contribution in [0.25, 0.3) is 0 Å². The summed E-state index contributed by atoms with van der Waals surface area (Å²) in [5.74, 6) is 0.161. The second kappa shape index (κ2) is 4.32. The molecule has 2 atom stereocenters. The molecule has 74 valence electrons. The summed E-state index contributed by atoms with van der Waals surface area (Å²) in [4.78, 5) is 0. The van der Waals surface area contributed by atoms with E-state index in [0.717, 1.165) is 0 Å². The van der Waals surface area contributed by atoms with Crippen LogP contribution in [0.15, 0.2) is 6.20 Å². The van der Waals surface area contributed by atoms with Crippen LogP contribution in [0.2, 0.25) is 5.02 Å². The van der Waals surface area contributed by atoms with Crippen LogP contribution in [0.1, 0.15) is 11.8 Å². The largest absolute Gasteiger partial charge is 0.389 e. The molecule has 13 heavy (non-hydrogen) atoms. The third-order valence-electron chi connectivity index (χ3n) is 1.64. The maximum Gasteiger partial charge on any atom is 0.126 e. The number of aromatic nitrogens is 2. The van der Waals surface area contributed by atoms with Gasteiger partial charge in [0.25, 0.3) is 0 Å². The van der Waals surface area contributed by atoms with Gasteiger partial charge in [0.1, 0.15) is 11.8 Å². The highest BCUT2D eigenvalue weighted by Gasteiger charge is 2.22. The number of aliphatic hydroxyl groups is 2. The van der Waals surface area contributed by atoms with Gasteiger partial charge in [0.2, 0.25) is 0 Å². The van der Waals surface area contributed by atoms with E-state index in [1.165, 1.54) is 4.68 Å². The van der Waals surface area contributed by atoms with E-state index in [4.69, 9.17) is 11.6 Å². The molecule has 0 saturated heterocycles. The van der Waals surface area contributed by atoms with E-state index in [1.807, 2.05) is 0 Å². The molecule has 6 heteroatoms. The number of halogens is 1. The molecule has 0 bridgehead atoms. The van der Waals surface area contributed by atoms with Crippen molar-refractivity contribution >= 4 is 24.2 Å². The lowest BCUT2D eigenvalue weighted by Gasteiger charge is -2.13. The second-order valence-corrected chi connectivity index (χ2v) is 3.50. The molecular weight excluding hydrogens is 212 g/mol. The molecule has 4 nitrogen and oxygen atoms in total. The molecule has 1 heterocycles. The highest BCUT2D eigenvalue weighted by atomic mass is 35.5. The first-order chi connectivity index (χ1) is 6.06. The Bertz CT molecular complexity index is 292. The molecule has 0 spiro atoms. The van der Waals surface area contributed by atoms with Gasteiger partial charge in [0, 0.05) is 19.0 Å². The summed E-state index contributed by atoms with van der Waals surface area (Å²) >= 11 is 9.62. The van der Waals surface area contributed by atoms with Gasteiger partial charge in [-0.2, -0.15) is 17.7 Å². The van der Waals surface area contributed by atoms with Gasteiger partial charge in [0.15, 0.2) is 0 Å². The molecule has 0 aliphatic rings. The van der Waals surface area contributed by atoms with Gasteiger partial charge >= 0.3 is 0 Å². The first kappa shape index (κ1) is 10.8. The minimum Gasteiger partial charge on any atom is -0.389 e. The van der Waals surface area contributed by atoms with Crippen molar-refractivity contribution in [3.63, 3.8) is 0 Å². The SMILES string of the molecule is Cn1cc(Cl)c(C(O)C(O)CS)n1. The average molecular weight is 223 g/mol. The number of rotatable bonds is 3. The minimum atomic E-state index is -1.08. The summed E-state index contributed by atoms with van der Waals surface area (Å²) in [5.41, 5.74) is 0.283. The zero-order valence-electron chi connectivity index (χ0n) is 7.05. The first-order valence-corrected chi connectivity index (χ1v) is 4.73. The van der Waals surface area contributed by atoms with Crippen molar-refractivity contribution in [2.45, 2.75) is 12.2 Å². The molecule has 0 saturated carbocycles. The van der Waals surface area contributed by atoms with Crippen molar-refractivity contribution in [2.75, 3.05) is 5.75 Å². The van der Waals surface area contributed by atoms with Crippen LogP contribution in [-0.2, 0) is 7.05 Å². The Hall–Kier alpha value is -0.230. The lowest BCUT2D eigenvalue weighted by molar-refractivity contribution is 0.0307. The van der Waals surface area contributed by atoms with E-state index in [-0.39, 0.29) is 11.4 Å². The van der Waals surface area contributed by atoms with E-state index < -0.39 is 12.2 Å². The fraction of sp³-hybridized carbons (Fsp3) is 0.571. The van der Waals surface area contributed by atoms with Crippen molar-refractivity contribution < 1.29 is 10.2 Å². The molecule has 1 rings (SSSR count). The smallest absolute Gasteiger partial charge is 0.126 e. The van der Waals surface area contributed by atoms with Gasteiger partial charge in [-0.05, 0) is 0 Å². The van der Waals surface area contributed by atoms with Crippen LogP contribution in [0.4, 0.5) is 0 Å². The lowest BCUT2D eigenvalue weighted by Crippen LogP contribution is -2.20. The molecule has 1 aromatic rings. The third kappa shape index (κ3) is 2.37. The Labute approximate surface area is 86.5 Å². The molecule has 0 aliphatic heterocycles. The predicted octanol–water partition coefficient (Wildman–Crippen LogP) is 0.398. The van der Waals surface area contributed by atoms with Gasteiger partial charge in [-0.25, -0.2) is 0 Å². The normalized spacial score (nSPS) is 15.8. The number of hydrogen-bond acceptors (Lipinski definition) is 4. The summed E-state index contributed by atoms with van der Waals surface area (Å²) < 4.78 is 1.48. The summed E-state index contributed by atoms with van der Waals surface area (Å²) in [5, 5.41) is 23.1. The van der Waals surface area contributed by atoms with Crippen molar-refractivity contribution in [1.82, 2.24) is 9.78 Å². The Kier molecular flexibility index (Phi) is 3.61. The molecule has 1 aromatic heterocycles. The zero-order valence-corrected chi connectivity index (χ0v) is 8.70. The summed E-state index contributed by atoms with van der Waals surface area (Å²) in [6.45, 7) is 0. The monoisotopic (exact) mass is 222 g/mol. The number of aliphatic hydroxyl groups excluding tert-OH is 2. The quantitative estimate of drug-likeness (QED) is 0.649. The van der Waals surface area contributed by atoms with E-state index >= 15 is 0 Å². The van der Waals surface area contributed by atoms with Gasteiger partial charge in [-0.15, -0.1) is 0 Å². The lowest BCUT2D eigenvalue weighted by atomic mass is 10.2. The summed E-state index contributed by atoms with van der Waals surface area (Å²) in [7, 11) is 1.69. The Balaban J connectivity index is 2.87. The number of thiol groups is 1. The fourth-order valence-electron chi connectivity index (χ4n) is 0.959. The highest BCUT2D eigenvalue weighted by molar-refractivity contribution is 7.80.